The molecule has 0 bridgehead atoms. The average molecular weight is 375 g/mol. The maximum absolute atomic E-state index is 2.41. The van der Waals surface area contributed by atoms with Crippen LogP contribution in [0.4, 0.5) is 0 Å². The van der Waals surface area contributed by atoms with Crippen LogP contribution in [0.15, 0.2) is 91.0 Å². The summed E-state index contributed by atoms with van der Waals surface area (Å²) in [5.41, 5.74) is 7.86. The summed E-state index contributed by atoms with van der Waals surface area (Å²) in [7, 11) is 0. The minimum absolute atomic E-state index is 0.551. The van der Waals surface area contributed by atoms with Crippen molar-refractivity contribution in [2.24, 2.45) is 0 Å². The third kappa shape index (κ3) is 2.74. The monoisotopic (exact) mass is 374 g/mol. The lowest BCUT2D eigenvalue weighted by Crippen LogP contribution is -2.20. The van der Waals surface area contributed by atoms with E-state index in [2.05, 4.69) is 91.0 Å². The first-order chi connectivity index (χ1) is 14.4. The van der Waals surface area contributed by atoms with Gasteiger partial charge in [-0.3, -0.25) is 0 Å². The van der Waals surface area contributed by atoms with Crippen LogP contribution in [-0.2, 0) is 12.8 Å². The molecule has 0 heterocycles. The second-order valence-corrected chi connectivity index (χ2v) is 8.80. The van der Waals surface area contributed by atoms with Gasteiger partial charge in [0.1, 0.15) is 0 Å². The van der Waals surface area contributed by atoms with Crippen LogP contribution in [0.25, 0.3) is 10.8 Å². The molecule has 0 fully saturated rings. The molecule has 0 heteroatoms. The molecule has 0 saturated heterocycles. The summed E-state index contributed by atoms with van der Waals surface area (Å²) in [6, 6.07) is 34.3. The van der Waals surface area contributed by atoms with Gasteiger partial charge < -0.3 is 0 Å². The van der Waals surface area contributed by atoms with Crippen molar-refractivity contribution in [1.29, 1.82) is 0 Å². The molecule has 2 aliphatic rings. The van der Waals surface area contributed by atoms with Crippen molar-refractivity contribution in [3.05, 3.63) is 119 Å². The molecule has 4 aromatic carbocycles. The van der Waals surface area contributed by atoms with E-state index in [1.165, 1.54) is 35.6 Å². The first kappa shape index (κ1) is 17.0. The Morgan fingerprint density at radius 2 is 1.24 bits per heavy atom. The van der Waals surface area contributed by atoms with Crippen molar-refractivity contribution >= 4 is 10.8 Å². The molecule has 0 saturated carbocycles. The lowest BCUT2D eigenvalue weighted by molar-refractivity contribution is 0.429. The van der Waals surface area contributed by atoms with Crippen molar-refractivity contribution in [3.8, 4) is 0 Å². The molecular formula is C29H26. The number of rotatable bonds is 2. The summed E-state index contributed by atoms with van der Waals surface area (Å²) in [4.78, 5) is 0. The summed E-state index contributed by atoms with van der Waals surface area (Å²) < 4.78 is 0. The molecule has 6 rings (SSSR count). The summed E-state index contributed by atoms with van der Waals surface area (Å²) >= 11 is 0. The van der Waals surface area contributed by atoms with Gasteiger partial charge >= 0.3 is 0 Å². The van der Waals surface area contributed by atoms with Crippen molar-refractivity contribution in [2.45, 2.75) is 43.4 Å². The van der Waals surface area contributed by atoms with Gasteiger partial charge in [0.05, 0.1) is 0 Å². The van der Waals surface area contributed by atoms with E-state index in [9.17, 15) is 0 Å². The zero-order valence-corrected chi connectivity index (χ0v) is 16.7. The highest BCUT2D eigenvalue weighted by atomic mass is 14.4. The SMILES string of the molecule is c1ccc2c(c1)CCCC2C1c2ccccc2CC1c1cccc2ccccc12. The van der Waals surface area contributed by atoms with Crippen LogP contribution >= 0.6 is 0 Å². The Bertz CT molecular complexity index is 1180. The van der Waals surface area contributed by atoms with Crippen LogP contribution in [-0.4, -0.2) is 0 Å². The molecule has 2 aliphatic carbocycles. The Morgan fingerprint density at radius 3 is 2.17 bits per heavy atom. The highest BCUT2D eigenvalue weighted by molar-refractivity contribution is 5.86. The highest BCUT2D eigenvalue weighted by Gasteiger charge is 2.40. The van der Waals surface area contributed by atoms with E-state index in [1.807, 2.05) is 0 Å². The van der Waals surface area contributed by atoms with Gasteiger partial charge in [-0.1, -0.05) is 91.0 Å². The zero-order chi connectivity index (χ0) is 19.2. The summed E-state index contributed by atoms with van der Waals surface area (Å²) in [5, 5.41) is 2.80. The van der Waals surface area contributed by atoms with Gasteiger partial charge in [0, 0.05) is 0 Å². The molecule has 0 N–H and O–H groups in total. The minimum Gasteiger partial charge on any atom is -0.0620 e. The maximum Gasteiger partial charge on any atom is -0.00180 e. The number of hydrogen-bond donors (Lipinski definition) is 0. The lowest BCUT2D eigenvalue weighted by atomic mass is 9.69. The standard InChI is InChI=1S/C29H26/c1-4-14-23-20(9-1)12-7-17-26(23)28-19-22-11-3-6-16-25(22)29(28)27-18-8-13-21-10-2-5-15-24(21)27/h1-7,9-12,14-17,27-29H,8,13,18-19H2. The summed E-state index contributed by atoms with van der Waals surface area (Å²) in [5.74, 6) is 1.74. The molecule has 142 valence electrons. The zero-order valence-electron chi connectivity index (χ0n) is 16.7. The van der Waals surface area contributed by atoms with E-state index < -0.39 is 0 Å². The molecule has 0 spiro atoms. The quantitative estimate of drug-likeness (QED) is 0.343. The third-order valence-corrected chi connectivity index (χ3v) is 7.36. The van der Waals surface area contributed by atoms with Gasteiger partial charge in [0.25, 0.3) is 0 Å². The Hall–Kier alpha value is -2.86. The molecule has 0 radical (unpaired) electrons. The van der Waals surface area contributed by atoms with Crippen LogP contribution in [0.3, 0.4) is 0 Å². The van der Waals surface area contributed by atoms with E-state index in [1.54, 1.807) is 22.3 Å². The minimum atomic E-state index is 0.551. The lowest BCUT2D eigenvalue weighted by Gasteiger charge is -2.35. The summed E-state index contributed by atoms with van der Waals surface area (Å²) in [6.45, 7) is 0. The fourth-order valence-corrected chi connectivity index (χ4v) is 6.16. The van der Waals surface area contributed by atoms with E-state index in [4.69, 9.17) is 0 Å². The molecule has 3 unspecified atom stereocenters. The van der Waals surface area contributed by atoms with Gasteiger partial charge in [-0.25, -0.2) is 0 Å². The Balaban J connectivity index is 1.54. The topological polar surface area (TPSA) is 0 Å². The van der Waals surface area contributed by atoms with Gasteiger partial charge in [0.2, 0.25) is 0 Å². The van der Waals surface area contributed by atoms with Crippen LogP contribution in [0.1, 0.15) is 58.4 Å². The Morgan fingerprint density at radius 1 is 0.552 bits per heavy atom. The van der Waals surface area contributed by atoms with Gasteiger partial charge in [-0.2, -0.15) is 0 Å². The second kappa shape index (κ2) is 6.88. The molecule has 0 nitrogen and oxygen atoms in total. The van der Waals surface area contributed by atoms with Gasteiger partial charge in [-0.05, 0) is 82.0 Å². The van der Waals surface area contributed by atoms with E-state index in [0.29, 0.717) is 17.8 Å². The number of fused-ring (bicyclic) bond motifs is 3. The average Bonchev–Trinajstić information content (AvgIpc) is 3.17. The van der Waals surface area contributed by atoms with Gasteiger partial charge in [-0.15, -0.1) is 0 Å². The molecule has 0 aliphatic heterocycles. The number of aryl methyl sites for hydroxylation is 1. The molecule has 0 amide bonds. The fraction of sp³-hybridized carbons (Fsp3) is 0.241. The molecular weight excluding hydrogens is 348 g/mol. The second-order valence-electron chi connectivity index (χ2n) is 8.80. The maximum atomic E-state index is 2.41. The van der Waals surface area contributed by atoms with Crippen LogP contribution in [0.2, 0.25) is 0 Å². The largest absolute Gasteiger partial charge is 0.0620 e. The number of hydrogen-bond acceptors (Lipinski definition) is 0. The molecule has 29 heavy (non-hydrogen) atoms. The van der Waals surface area contributed by atoms with E-state index >= 15 is 0 Å². The highest BCUT2D eigenvalue weighted by Crippen LogP contribution is 2.55. The first-order valence-electron chi connectivity index (χ1n) is 11.0. The van der Waals surface area contributed by atoms with Crippen LogP contribution in [0, 0.1) is 0 Å². The van der Waals surface area contributed by atoms with Gasteiger partial charge in [0.15, 0.2) is 0 Å². The Kier molecular flexibility index (Phi) is 4.04. The predicted molar refractivity (Wildman–Crippen MR) is 122 cm³/mol. The molecule has 0 aromatic heterocycles. The first-order valence-corrected chi connectivity index (χ1v) is 11.0. The molecule has 4 aromatic rings. The Labute approximate surface area is 173 Å². The normalized spacial score (nSPS) is 23.0. The number of benzene rings is 4. The van der Waals surface area contributed by atoms with Crippen molar-refractivity contribution in [2.75, 3.05) is 0 Å². The fourth-order valence-electron chi connectivity index (χ4n) is 6.16. The van der Waals surface area contributed by atoms with Crippen molar-refractivity contribution in [3.63, 3.8) is 0 Å². The van der Waals surface area contributed by atoms with E-state index in [0.717, 1.165) is 6.42 Å². The smallest absolute Gasteiger partial charge is 0.00180 e. The molecule has 3 atom stereocenters. The van der Waals surface area contributed by atoms with Crippen LogP contribution in [0.5, 0.6) is 0 Å². The van der Waals surface area contributed by atoms with Crippen molar-refractivity contribution in [1.82, 2.24) is 0 Å². The van der Waals surface area contributed by atoms with E-state index in [-0.39, 0.29) is 0 Å². The third-order valence-electron chi connectivity index (χ3n) is 7.36. The van der Waals surface area contributed by atoms with Crippen molar-refractivity contribution < 1.29 is 0 Å². The predicted octanol–water partition coefficient (Wildman–Crippen LogP) is 7.38. The summed E-state index contributed by atoms with van der Waals surface area (Å²) in [6.07, 6.45) is 5.01. The van der Waals surface area contributed by atoms with Crippen LogP contribution < -0.4 is 0 Å².